The molecule has 3 aromatic rings. The number of piperidine rings is 1. The fourth-order valence-electron chi connectivity index (χ4n) is 9.20. The van der Waals surface area contributed by atoms with Crippen molar-refractivity contribution in [2.45, 2.75) is 82.3 Å². The van der Waals surface area contributed by atoms with Crippen LogP contribution in [0.25, 0.3) is 0 Å². The van der Waals surface area contributed by atoms with E-state index in [4.69, 9.17) is 15.9 Å². The molecular formula is C38H50N8O. The van der Waals surface area contributed by atoms with Gasteiger partial charge in [0.05, 0.1) is 11.3 Å². The van der Waals surface area contributed by atoms with Crippen LogP contribution >= 0.6 is 0 Å². The Labute approximate surface area is 279 Å². The van der Waals surface area contributed by atoms with Gasteiger partial charge in [-0.1, -0.05) is 18.2 Å². The summed E-state index contributed by atoms with van der Waals surface area (Å²) in [5.41, 5.74) is 9.24. The van der Waals surface area contributed by atoms with Crippen molar-refractivity contribution in [3.8, 4) is 11.5 Å². The molecule has 1 aromatic heterocycles. The van der Waals surface area contributed by atoms with Crippen LogP contribution in [-0.4, -0.2) is 82.9 Å². The first kappa shape index (κ1) is 30.8. The number of nitrogens with two attached hydrogens (primary N) is 1. The molecule has 9 heteroatoms. The number of nitrogen functional groups attached to an aromatic ring is 1. The number of benzene rings is 2. The van der Waals surface area contributed by atoms with Crippen LogP contribution in [0.3, 0.4) is 0 Å². The summed E-state index contributed by atoms with van der Waals surface area (Å²) < 4.78 is 5.94. The lowest BCUT2D eigenvalue weighted by atomic mass is 9.64. The van der Waals surface area contributed by atoms with Crippen molar-refractivity contribution in [2.24, 2.45) is 10.8 Å². The number of hydrogen-bond acceptors (Lipinski definition) is 9. The van der Waals surface area contributed by atoms with E-state index < -0.39 is 0 Å². The molecule has 9 nitrogen and oxygen atoms in total. The van der Waals surface area contributed by atoms with E-state index in [1.165, 1.54) is 83.9 Å². The van der Waals surface area contributed by atoms with E-state index in [9.17, 15) is 0 Å². The lowest BCUT2D eigenvalue weighted by Crippen LogP contribution is -2.64. The quantitative estimate of drug-likeness (QED) is 0.226. The van der Waals surface area contributed by atoms with Crippen LogP contribution in [0, 0.1) is 16.2 Å². The molecule has 5 fully saturated rings. The van der Waals surface area contributed by atoms with Crippen molar-refractivity contribution in [2.75, 3.05) is 50.3 Å². The molecule has 47 heavy (non-hydrogen) atoms. The van der Waals surface area contributed by atoms with Crippen molar-refractivity contribution < 1.29 is 4.74 Å². The monoisotopic (exact) mass is 634 g/mol. The number of para-hydroxylation sites is 1. The maximum absolute atomic E-state index is 9.02. The molecular weight excluding hydrogens is 584 g/mol. The summed E-state index contributed by atoms with van der Waals surface area (Å²) >= 11 is 0. The van der Waals surface area contributed by atoms with Gasteiger partial charge >= 0.3 is 0 Å². The van der Waals surface area contributed by atoms with Crippen LogP contribution in [0.2, 0.25) is 0 Å². The molecule has 4 heterocycles. The Morgan fingerprint density at radius 1 is 0.787 bits per heavy atom. The summed E-state index contributed by atoms with van der Waals surface area (Å²) in [6, 6.07) is 19.1. The Bertz CT molecular complexity index is 1520. The Balaban J connectivity index is 0.815. The van der Waals surface area contributed by atoms with E-state index in [1.807, 2.05) is 54.6 Å². The number of anilines is 2. The van der Waals surface area contributed by atoms with Crippen molar-refractivity contribution >= 4 is 17.3 Å². The Kier molecular flexibility index (Phi) is 8.40. The molecule has 8 rings (SSSR count). The molecule has 5 N–H and O–H groups in total. The zero-order chi connectivity index (χ0) is 31.8. The molecule has 2 aromatic carbocycles. The molecule has 5 aliphatic rings. The highest BCUT2D eigenvalue weighted by atomic mass is 16.5. The number of likely N-dealkylation sites (tertiary alicyclic amines) is 2. The van der Waals surface area contributed by atoms with Gasteiger partial charge in [-0.25, -0.2) is 9.97 Å². The highest BCUT2D eigenvalue weighted by Crippen LogP contribution is 2.49. The first-order valence-corrected chi connectivity index (χ1v) is 17.9. The van der Waals surface area contributed by atoms with Crippen LogP contribution in [0.5, 0.6) is 11.5 Å². The predicted octanol–water partition coefficient (Wildman–Crippen LogP) is 5.92. The maximum Gasteiger partial charge on any atom is 0.141 e. The molecule has 3 saturated heterocycles. The lowest BCUT2D eigenvalue weighted by Gasteiger charge is -2.59. The van der Waals surface area contributed by atoms with Crippen LogP contribution in [0.1, 0.15) is 75.3 Å². The number of rotatable bonds is 8. The second-order valence-electron chi connectivity index (χ2n) is 15.2. The number of nitrogens with zero attached hydrogens (tertiary/aromatic N) is 4. The van der Waals surface area contributed by atoms with Gasteiger partial charge in [-0.3, -0.25) is 10.3 Å². The SMILES string of the molecule is N=C(c1ccc(Oc2ccccc2)cc1)c1c(N)ncnc1NC1CCN(C2CCC3(CC2)CN(C2CCC4(CC2)CNC4)C3)CC1. The molecule has 248 valence electrons. The van der Waals surface area contributed by atoms with E-state index in [1.54, 1.807) is 0 Å². The van der Waals surface area contributed by atoms with Crippen molar-refractivity contribution in [3.63, 3.8) is 0 Å². The molecule has 2 spiro atoms. The van der Waals surface area contributed by atoms with Crippen molar-refractivity contribution in [1.82, 2.24) is 25.1 Å². The van der Waals surface area contributed by atoms with Gasteiger partial charge in [0.1, 0.15) is 29.5 Å². The van der Waals surface area contributed by atoms with Crippen LogP contribution in [-0.2, 0) is 0 Å². The number of hydrogen-bond donors (Lipinski definition) is 4. The van der Waals surface area contributed by atoms with Gasteiger partial charge < -0.3 is 26.0 Å². The summed E-state index contributed by atoms with van der Waals surface area (Å²) in [5.74, 6) is 2.47. The smallest absolute Gasteiger partial charge is 0.141 e. The Hall–Kier alpha value is -3.53. The topological polar surface area (TPSA) is 115 Å². The van der Waals surface area contributed by atoms with Crippen LogP contribution < -0.4 is 21.1 Å². The predicted molar refractivity (Wildman–Crippen MR) is 187 cm³/mol. The van der Waals surface area contributed by atoms with E-state index in [2.05, 4.69) is 30.4 Å². The van der Waals surface area contributed by atoms with Gasteiger partial charge in [0.2, 0.25) is 0 Å². The first-order valence-electron chi connectivity index (χ1n) is 17.9. The minimum absolute atomic E-state index is 0.300. The second kappa shape index (κ2) is 12.8. The van der Waals surface area contributed by atoms with E-state index in [-0.39, 0.29) is 0 Å². The maximum atomic E-state index is 9.02. The summed E-state index contributed by atoms with van der Waals surface area (Å²) in [5, 5.41) is 16.2. The molecule has 3 aliphatic heterocycles. The molecule has 0 atom stereocenters. The fraction of sp³-hybridized carbons (Fsp3) is 0.553. The summed E-state index contributed by atoms with van der Waals surface area (Å²) in [6.07, 6.45) is 14.9. The summed E-state index contributed by atoms with van der Waals surface area (Å²) in [7, 11) is 0. The normalized spacial score (nSPS) is 24.8. The van der Waals surface area contributed by atoms with E-state index >= 15 is 0 Å². The van der Waals surface area contributed by atoms with E-state index in [0.717, 1.165) is 55.1 Å². The largest absolute Gasteiger partial charge is 0.457 e. The van der Waals surface area contributed by atoms with Gasteiger partial charge in [0.25, 0.3) is 0 Å². The third kappa shape index (κ3) is 6.37. The third-order valence-electron chi connectivity index (χ3n) is 12.3. The highest BCUT2D eigenvalue weighted by molar-refractivity contribution is 6.16. The third-order valence-corrected chi connectivity index (χ3v) is 12.3. The summed E-state index contributed by atoms with van der Waals surface area (Å²) in [6.45, 7) is 7.45. The average molecular weight is 635 g/mol. The van der Waals surface area contributed by atoms with E-state index in [0.29, 0.717) is 39.8 Å². The van der Waals surface area contributed by atoms with Crippen LogP contribution in [0.4, 0.5) is 11.6 Å². The molecule has 0 amide bonds. The fourth-order valence-corrected chi connectivity index (χ4v) is 9.20. The number of nitrogens with one attached hydrogen (secondary N) is 3. The number of ether oxygens (including phenoxy) is 1. The first-order chi connectivity index (χ1) is 23.0. The Morgan fingerprint density at radius 2 is 1.40 bits per heavy atom. The molecule has 0 radical (unpaired) electrons. The Morgan fingerprint density at radius 3 is 2.04 bits per heavy atom. The van der Waals surface area contributed by atoms with Gasteiger partial charge in [-0.05, 0) is 111 Å². The standard InChI is InChI=1S/C38H50N8O/c39-34(27-6-8-32(9-7-27)47-31-4-2-1-3-5-31)33-35(40)42-26-43-36(33)44-28-14-20-45(21-15-28)29-12-18-38(19-13-29)24-46(25-38)30-10-16-37(17-11-30)22-41-23-37/h1-9,26,28-30,39,41H,10-25H2,(H3,40,42,43,44). The average Bonchev–Trinajstić information content (AvgIpc) is 3.08. The zero-order valence-electron chi connectivity index (χ0n) is 27.6. The zero-order valence-corrected chi connectivity index (χ0v) is 27.6. The second-order valence-corrected chi connectivity index (χ2v) is 15.2. The number of aromatic nitrogens is 2. The minimum Gasteiger partial charge on any atom is -0.457 e. The molecule has 0 bridgehead atoms. The molecule has 0 unspecified atom stereocenters. The molecule has 2 aliphatic carbocycles. The van der Waals surface area contributed by atoms with Gasteiger partial charge in [0.15, 0.2) is 0 Å². The minimum atomic E-state index is 0.300. The van der Waals surface area contributed by atoms with Gasteiger partial charge in [0, 0.05) is 63.0 Å². The highest BCUT2D eigenvalue weighted by Gasteiger charge is 2.50. The van der Waals surface area contributed by atoms with Crippen molar-refractivity contribution in [3.05, 3.63) is 72.1 Å². The van der Waals surface area contributed by atoms with Crippen molar-refractivity contribution in [1.29, 1.82) is 5.41 Å². The lowest BCUT2D eigenvalue weighted by molar-refractivity contribution is -0.0858. The molecule has 2 saturated carbocycles. The van der Waals surface area contributed by atoms with Gasteiger partial charge in [-0.15, -0.1) is 0 Å². The summed E-state index contributed by atoms with van der Waals surface area (Å²) in [4.78, 5) is 14.4. The van der Waals surface area contributed by atoms with Crippen LogP contribution in [0.15, 0.2) is 60.9 Å². The van der Waals surface area contributed by atoms with Gasteiger partial charge in [-0.2, -0.15) is 0 Å².